The van der Waals surface area contributed by atoms with Gasteiger partial charge in [-0.25, -0.2) is 13.4 Å². The SMILES string of the molecule is CCc1nc(CN(C)CC(=O)Nc2cc(S(=O)(=O)N3CCOCC3)ccc2Cl)cs1. The second-order valence-corrected chi connectivity index (χ2v) is 10.3. The number of rotatable bonds is 8. The van der Waals surface area contributed by atoms with E-state index in [9.17, 15) is 13.2 Å². The second-order valence-electron chi connectivity index (χ2n) is 6.96. The van der Waals surface area contributed by atoms with Gasteiger partial charge < -0.3 is 10.1 Å². The van der Waals surface area contributed by atoms with Crippen molar-refractivity contribution in [2.24, 2.45) is 0 Å². The van der Waals surface area contributed by atoms with E-state index in [0.29, 0.717) is 32.8 Å². The van der Waals surface area contributed by atoms with Crippen LogP contribution in [0.5, 0.6) is 0 Å². The first-order chi connectivity index (χ1) is 14.3. The van der Waals surface area contributed by atoms with Crippen LogP contribution in [0.3, 0.4) is 0 Å². The van der Waals surface area contributed by atoms with E-state index in [1.54, 1.807) is 11.3 Å². The maximum absolute atomic E-state index is 12.8. The van der Waals surface area contributed by atoms with Gasteiger partial charge in [-0.2, -0.15) is 4.31 Å². The molecule has 1 aliphatic heterocycles. The van der Waals surface area contributed by atoms with Crippen LogP contribution >= 0.6 is 22.9 Å². The summed E-state index contributed by atoms with van der Waals surface area (Å²) >= 11 is 7.80. The van der Waals surface area contributed by atoms with Crippen molar-refractivity contribution >= 4 is 44.6 Å². The van der Waals surface area contributed by atoms with Crippen LogP contribution in [0.15, 0.2) is 28.5 Å². The van der Waals surface area contributed by atoms with Crippen LogP contribution in [0.1, 0.15) is 17.6 Å². The lowest BCUT2D eigenvalue weighted by Gasteiger charge is -2.26. The lowest BCUT2D eigenvalue weighted by Crippen LogP contribution is -2.40. The molecule has 1 fully saturated rings. The zero-order valence-corrected chi connectivity index (χ0v) is 19.3. The first kappa shape index (κ1) is 23.1. The Morgan fingerprint density at radius 1 is 1.37 bits per heavy atom. The summed E-state index contributed by atoms with van der Waals surface area (Å²) in [4.78, 5) is 18.9. The van der Waals surface area contributed by atoms with Gasteiger partial charge in [-0.1, -0.05) is 18.5 Å². The van der Waals surface area contributed by atoms with Gasteiger partial charge in [-0.05, 0) is 31.7 Å². The zero-order valence-electron chi connectivity index (χ0n) is 16.9. The van der Waals surface area contributed by atoms with Crippen molar-refractivity contribution in [3.05, 3.63) is 39.3 Å². The minimum atomic E-state index is -3.68. The number of benzene rings is 1. The Morgan fingerprint density at radius 2 is 2.10 bits per heavy atom. The number of nitrogens with one attached hydrogen (secondary N) is 1. The van der Waals surface area contributed by atoms with E-state index in [1.807, 2.05) is 17.3 Å². The molecule has 1 aromatic carbocycles. The van der Waals surface area contributed by atoms with Gasteiger partial charge in [0, 0.05) is 25.0 Å². The largest absolute Gasteiger partial charge is 0.379 e. The number of aryl methyl sites for hydroxylation is 1. The number of aromatic nitrogens is 1. The fourth-order valence-corrected chi connectivity index (χ4v) is 5.38. The third-order valence-corrected chi connectivity index (χ3v) is 7.83. The number of nitrogens with zero attached hydrogens (tertiary/aromatic N) is 3. The molecular formula is C19H25ClN4O4S2. The Kier molecular flexibility index (Phi) is 7.83. The molecule has 0 atom stereocenters. The number of hydrogen-bond acceptors (Lipinski definition) is 7. The molecular weight excluding hydrogens is 448 g/mol. The highest BCUT2D eigenvalue weighted by Gasteiger charge is 2.27. The Morgan fingerprint density at radius 3 is 2.77 bits per heavy atom. The summed E-state index contributed by atoms with van der Waals surface area (Å²) in [5.74, 6) is -0.286. The zero-order chi connectivity index (χ0) is 21.7. The standard InChI is InChI=1S/C19H25ClN4O4S2/c1-3-19-21-14(13-29-19)11-23(2)12-18(25)22-17-10-15(4-5-16(17)20)30(26,27)24-6-8-28-9-7-24/h4-5,10,13H,3,6-9,11-12H2,1-2H3,(H,22,25). The first-order valence-corrected chi connectivity index (χ1v) is 12.3. The normalized spacial score (nSPS) is 15.5. The van der Waals surface area contributed by atoms with Crippen LogP contribution in [0.2, 0.25) is 5.02 Å². The van der Waals surface area contributed by atoms with Crippen LogP contribution in [-0.4, -0.2) is 68.4 Å². The maximum atomic E-state index is 12.8. The summed E-state index contributed by atoms with van der Waals surface area (Å²) in [5.41, 5.74) is 1.19. The summed E-state index contributed by atoms with van der Waals surface area (Å²) in [6.07, 6.45) is 0.886. The number of carbonyl (C=O) groups is 1. The van der Waals surface area contributed by atoms with Crippen molar-refractivity contribution in [2.75, 3.05) is 45.2 Å². The van der Waals surface area contributed by atoms with Crippen LogP contribution in [-0.2, 0) is 32.5 Å². The highest BCUT2D eigenvalue weighted by Crippen LogP contribution is 2.27. The smallest absolute Gasteiger partial charge is 0.243 e. The number of anilines is 1. The van der Waals surface area contributed by atoms with Gasteiger partial charge in [0.15, 0.2) is 0 Å². The fraction of sp³-hybridized carbons (Fsp3) is 0.474. The molecule has 0 radical (unpaired) electrons. The number of carbonyl (C=O) groups excluding carboxylic acids is 1. The lowest BCUT2D eigenvalue weighted by atomic mass is 10.3. The molecule has 2 heterocycles. The molecule has 2 aromatic rings. The summed E-state index contributed by atoms with van der Waals surface area (Å²) < 4.78 is 32.3. The topological polar surface area (TPSA) is 91.8 Å². The number of thiazole rings is 1. The number of likely N-dealkylation sites (N-methyl/N-ethyl adjacent to an activating group) is 1. The number of morpholine rings is 1. The number of hydrogen-bond donors (Lipinski definition) is 1. The summed E-state index contributed by atoms with van der Waals surface area (Å²) in [5, 5.41) is 6.05. The molecule has 1 N–H and O–H groups in total. The van der Waals surface area contributed by atoms with E-state index >= 15 is 0 Å². The minimum Gasteiger partial charge on any atom is -0.379 e. The Balaban J connectivity index is 1.65. The Labute approximate surface area is 185 Å². The maximum Gasteiger partial charge on any atom is 0.243 e. The van der Waals surface area contributed by atoms with Gasteiger partial charge in [-0.15, -0.1) is 11.3 Å². The number of amides is 1. The molecule has 1 saturated heterocycles. The Bertz CT molecular complexity index is 990. The van der Waals surface area contributed by atoms with Crippen molar-refractivity contribution < 1.29 is 17.9 Å². The quantitative estimate of drug-likeness (QED) is 0.634. The molecule has 3 rings (SSSR count). The van der Waals surface area contributed by atoms with Gasteiger partial charge in [0.1, 0.15) is 0 Å². The van der Waals surface area contributed by atoms with Crippen molar-refractivity contribution in [3.63, 3.8) is 0 Å². The van der Waals surface area contributed by atoms with Gasteiger partial charge in [-0.3, -0.25) is 9.69 Å². The van der Waals surface area contributed by atoms with E-state index in [0.717, 1.165) is 17.1 Å². The van der Waals surface area contributed by atoms with Crippen LogP contribution < -0.4 is 5.32 Å². The van der Waals surface area contributed by atoms with Crippen LogP contribution in [0.4, 0.5) is 5.69 Å². The number of sulfonamides is 1. The molecule has 1 aliphatic rings. The van der Waals surface area contributed by atoms with Gasteiger partial charge >= 0.3 is 0 Å². The summed E-state index contributed by atoms with van der Waals surface area (Å²) in [6.45, 7) is 4.04. The van der Waals surface area contributed by atoms with E-state index in [-0.39, 0.29) is 28.1 Å². The molecule has 0 unspecified atom stereocenters. The van der Waals surface area contributed by atoms with E-state index in [2.05, 4.69) is 17.2 Å². The first-order valence-electron chi connectivity index (χ1n) is 9.58. The van der Waals surface area contributed by atoms with E-state index in [4.69, 9.17) is 16.3 Å². The third kappa shape index (κ3) is 5.77. The molecule has 1 aromatic heterocycles. The lowest BCUT2D eigenvalue weighted by molar-refractivity contribution is -0.117. The van der Waals surface area contributed by atoms with Gasteiger partial charge in [0.25, 0.3) is 0 Å². The van der Waals surface area contributed by atoms with Crippen molar-refractivity contribution in [1.29, 1.82) is 0 Å². The Hall–Kier alpha value is -1.56. The van der Waals surface area contributed by atoms with E-state index in [1.165, 1.54) is 22.5 Å². The third-order valence-electron chi connectivity index (χ3n) is 4.57. The predicted octanol–water partition coefficient (Wildman–Crippen LogP) is 2.45. The molecule has 164 valence electrons. The summed E-state index contributed by atoms with van der Waals surface area (Å²) in [7, 11) is -1.85. The van der Waals surface area contributed by atoms with E-state index < -0.39 is 10.0 Å². The molecule has 30 heavy (non-hydrogen) atoms. The van der Waals surface area contributed by atoms with Crippen molar-refractivity contribution in [2.45, 2.75) is 24.8 Å². The van der Waals surface area contributed by atoms with Gasteiger partial charge in [0.05, 0.1) is 46.1 Å². The minimum absolute atomic E-state index is 0.0898. The van der Waals surface area contributed by atoms with Crippen molar-refractivity contribution in [3.8, 4) is 0 Å². The molecule has 0 saturated carbocycles. The number of ether oxygens (including phenoxy) is 1. The second kappa shape index (κ2) is 10.2. The molecule has 0 aliphatic carbocycles. The monoisotopic (exact) mass is 472 g/mol. The van der Waals surface area contributed by atoms with Crippen LogP contribution in [0, 0.1) is 0 Å². The predicted molar refractivity (Wildman–Crippen MR) is 117 cm³/mol. The average molecular weight is 473 g/mol. The van der Waals surface area contributed by atoms with Crippen molar-refractivity contribution in [1.82, 2.24) is 14.2 Å². The van der Waals surface area contributed by atoms with Gasteiger partial charge in [0.2, 0.25) is 15.9 Å². The highest BCUT2D eigenvalue weighted by atomic mass is 35.5. The summed E-state index contributed by atoms with van der Waals surface area (Å²) in [6, 6.07) is 4.33. The molecule has 1 amide bonds. The fourth-order valence-electron chi connectivity index (χ4n) is 3.05. The molecule has 8 nitrogen and oxygen atoms in total. The molecule has 0 spiro atoms. The average Bonchev–Trinajstić information content (AvgIpc) is 3.17. The number of halogens is 1. The molecule has 0 bridgehead atoms. The highest BCUT2D eigenvalue weighted by molar-refractivity contribution is 7.89. The molecule has 11 heteroatoms. The van der Waals surface area contributed by atoms with Crippen LogP contribution in [0.25, 0.3) is 0 Å².